The lowest BCUT2D eigenvalue weighted by molar-refractivity contribution is -0.384. The number of non-ortho nitro benzene ring substituents is 1. The van der Waals surface area contributed by atoms with Crippen LogP contribution in [0.1, 0.15) is 0 Å². The fraction of sp³-hybridized carbons (Fsp3) is 0. The summed E-state index contributed by atoms with van der Waals surface area (Å²) < 4.78 is 4.53. The number of rotatable bonds is 3. The first-order chi connectivity index (χ1) is 6.38. The molecule has 0 aliphatic heterocycles. The molecule has 0 spiro atoms. The van der Waals surface area contributed by atoms with Crippen LogP contribution >= 0.6 is 6.72 Å². The van der Waals surface area contributed by atoms with Crippen molar-refractivity contribution < 1.29 is 19.2 Å². The van der Waals surface area contributed by atoms with Gasteiger partial charge < -0.3 is 14.3 Å². The van der Waals surface area contributed by atoms with Gasteiger partial charge >= 0.3 is 6.72 Å². The molecule has 2 N–H and O–H groups in total. The number of nitrogens with zero attached hydrogens (tertiary/aromatic N) is 1. The van der Waals surface area contributed by atoms with E-state index in [1.54, 1.807) is 0 Å². The van der Waals surface area contributed by atoms with Crippen LogP contribution in [0.4, 0.5) is 5.69 Å². The fourth-order valence-electron chi connectivity index (χ4n) is 0.791. The summed E-state index contributed by atoms with van der Waals surface area (Å²) in [6.07, 6.45) is 0. The first-order valence-corrected chi connectivity index (χ1v) is 6.01. The summed E-state index contributed by atoms with van der Waals surface area (Å²) in [4.78, 5) is 27.3. The van der Waals surface area contributed by atoms with E-state index in [1.807, 2.05) is 0 Å². The summed E-state index contributed by atoms with van der Waals surface area (Å²) >= 11 is 4.21. The van der Waals surface area contributed by atoms with Crippen molar-refractivity contribution >= 4 is 24.2 Å². The number of benzene rings is 1. The van der Waals surface area contributed by atoms with Gasteiger partial charge in [0.05, 0.1) is 11.0 Å². The molecule has 0 heterocycles. The molecule has 1 aromatic carbocycles. The second kappa shape index (κ2) is 4.02. The summed E-state index contributed by atoms with van der Waals surface area (Å²) in [6.45, 7) is -3.83. The quantitative estimate of drug-likeness (QED) is 0.464. The minimum Gasteiger partial charge on any atom is -0.424 e. The smallest absolute Gasteiger partial charge is 0.375 e. The predicted octanol–water partition coefficient (Wildman–Crippen LogP) is 1.18. The molecule has 0 aromatic heterocycles. The number of hydrogen-bond acceptors (Lipinski definition) is 4. The zero-order valence-electron chi connectivity index (χ0n) is 6.73. The molecule has 1 rings (SSSR count). The normalized spacial score (nSPS) is 11.0. The molecule has 0 bridgehead atoms. The average molecular weight is 235 g/mol. The number of nitro benzene ring substituents is 1. The van der Waals surface area contributed by atoms with E-state index in [4.69, 9.17) is 9.79 Å². The summed E-state index contributed by atoms with van der Waals surface area (Å²) in [5, 5.41) is 10.3. The molecule has 14 heavy (non-hydrogen) atoms. The van der Waals surface area contributed by atoms with Gasteiger partial charge in [-0.15, -0.1) is 0 Å². The van der Waals surface area contributed by atoms with Crippen LogP contribution in [0.25, 0.3) is 0 Å². The van der Waals surface area contributed by atoms with Crippen LogP contribution in [0.5, 0.6) is 5.75 Å². The first-order valence-electron chi connectivity index (χ1n) is 3.38. The molecule has 0 saturated heterocycles. The van der Waals surface area contributed by atoms with E-state index in [1.165, 1.54) is 18.2 Å². The molecule has 0 atom stereocenters. The van der Waals surface area contributed by atoms with Crippen molar-refractivity contribution in [1.82, 2.24) is 0 Å². The summed E-state index contributed by atoms with van der Waals surface area (Å²) in [7, 11) is 0. The third-order valence-corrected chi connectivity index (χ3v) is 1.93. The van der Waals surface area contributed by atoms with Crippen LogP contribution < -0.4 is 4.52 Å². The van der Waals surface area contributed by atoms with Crippen molar-refractivity contribution in [2.24, 2.45) is 0 Å². The second-order valence-electron chi connectivity index (χ2n) is 2.34. The topological polar surface area (TPSA) is 92.8 Å². The maximum Gasteiger partial charge on any atom is 0.375 e. The minimum atomic E-state index is -3.83. The van der Waals surface area contributed by atoms with Crippen LogP contribution in [0.15, 0.2) is 24.3 Å². The Morgan fingerprint density at radius 3 is 2.64 bits per heavy atom. The Morgan fingerprint density at radius 1 is 1.50 bits per heavy atom. The van der Waals surface area contributed by atoms with Crippen molar-refractivity contribution in [2.75, 3.05) is 0 Å². The highest BCUT2D eigenvalue weighted by molar-refractivity contribution is 8.06. The molecule has 6 nitrogen and oxygen atoms in total. The van der Waals surface area contributed by atoms with E-state index in [9.17, 15) is 10.1 Å². The Labute approximate surface area is 84.2 Å². The second-order valence-corrected chi connectivity index (χ2v) is 4.93. The van der Waals surface area contributed by atoms with Crippen LogP contribution in [0, 0.1) is 10.1 Å². The van der Waals surface area contributed by atoms with E-state index in [-0.39, 0.29) is 11.4 Å². The monoisotopic (exact) mass is 235 g/mol. The zero-order chi connectivity index (χ0) is 10.8. The van der Waals surface area contributed by atoms with Crippen molar-refractivity contribution in [2.45, 2.75) is 0 Å². The van der Waals surface area contributed by atoms with Gasteiger partial charge in [0.15, 0.2) is 0 Å². The van der Waals surface area contributed by atoms with Crippen LogP contribution in [-0.2, 0) is 11.8 Å². The van der Waals surface area contributed by atoms with Gasteiger partial charge in [0.25, 0.3) is 5.69 Å². The third kappa shape index (κ3) is 3.39. The molecular formula is C6H6NO5PS. The average Bonchev–Trinajstić information content (AvgIpc) is 2.01. The Kier molecular flexibility index (Phi) is 3.17. The highest BCUT2D eigenvalue weighted by Gasteiger charge is 2.12. The molecule has 0 aliphatic carbocycles. The van der Waals surface area contributed by atoms with Crippen molar-refractivity contribution in [3.05, 3.63) is 34.4 Å². The van der Waals surface area contributed by atoms with E-state index in [2.05, 4.69) is 16.3 Å². The van der Waals surface area contributed by atoms with Crippen molar-refractivity contribution in [3.63, 3.8) is 0 Å². The standard InChI is InChI=1S/C6H6NO5PS/c8-7(9)5-2-1-3-6(4-5)12-13(10,11)14/h1-4H,(H2,10,11,14). The van der Waals surface area contributed by atoms with Crippen LogP contribution in [0.3, 0.4) is 0 Å². The van der Waals surface area contributed by atoms with E-state index < -0.39 is 11.6 Å². The lowest BCUT2D eigenvalue weighted by Crippen LogP contribution is -1.92. The zero-order valence-corrected chi connectivity index (χ0v) is 8.44. The van der Waals surface area contributed by atoms with Crippen LogP contribution in [-0.4, -0.2) is 14.7 Å². The summed E-state index contributed by atoms with van der Waals surface area (Å²) in [5.74, 6) is -0.0347. The molecule has 0 saturated carbocycles. The fourth-order valence-corrected chi connectivity index (χ4v) is 1.44. The molecule has 0 unspecified atom stereocenters. The van der Waals surface area contributed by atoms with Gasteiger partial charge in [0.2, 0.25) is 0 Å². The number of hydrogen-bond donors (Lipinski definition) is 2. The highest BCUT2D eigenvalue weighted by atomic mass is 32.5. The maximum absolute atomic E-state index is 10.3. The first kappa shape index (κ1) is 11.1. The van der Waals surface area contributed by atoms with Crippen molar-refractivity contribution in [1.29, 1.82) is 0 Å². The van der Waals surface area contributed by atoms with Crippen LogP contribution in [0.2, 0.25) is 0 Å². The maximum atomic E-state index is 10.3. The molecular weight excluding hydrogens is 229 g/mol. The number of nitro groups is 1. The van der Waals surface area contributed by atoms with E-state index >= 15 is 0 Å². The summed E-state index contributed by atoms with van der Waals surface area (Å²) in [5.41, 5.74) is -0.203. The van der Waals surface area contributed by atoms with Gasteiger partial charge in [0.1, 0.15) is 5.75 Å². The van der Waals surface area contributed by atoms with Gasteiger partial charge in [-0.1, -0.05) is 6.07 Å². The highest BCUT2D eigenvalue weighted by Crippen LogP contribution is 2.38. The largest absolute Gasteiger partial charge is 0.424 e. The Hall–Kier alpha value is -1.01. The van der Waals surface area contributed by atoms with E-state index in [0.29, 0.717) is 0 Å². The van der Waals surface area contributed by atoms with Crippen molar-refractivity contribution in [3.8, 4) is 5.75 Å². The third-order valence-electron chi connectivity index (χ3n) is 1.25. The summed E-state index contributed by atoms with van der Waals surface area (Å²) in [6, 6.07) is 5.03. The van der Waals surface area contributed by atoms with E-state index in [0.717, 1.165) is 6.07 Å². The van der Waals surface area contributed by atoms with Gasteiger partial charge in [-0.25, -0.2) is 0 Å². The van der Waals surface area contributed by atoms with Gasteiger partial charge in [-0.05, 0) is 6.07 Å². The molecule has 76 valence electrons. The predicted molar refractivity (Wildman–Crippen MR) is 52.4 cm³/mol. The van der Waals surface area contributed by atoms with Gasteiger partial charge in [-0.3, -0.25) is 10.1 Å². The molecule has 0 fully saturated rings. The van der Waals surface area contributed by atoms with Gasteiger partial charge in [0, 0.05) is 17.9 Å². The minimum absolute atomic E-state index is 0.0347. The SMILES string of the molecule is O=[N+]([O-])c1cccc(OP(O)(O)=S)c1. The molecule has 0 amide bonds. The Balaban J connectivity index is 2.95. The Bertz CT molecular complexity index is 403. The molecule has 8 heteroatoms. The van der Waals surface area contributed by atoms with Gasteiger partial charge in [-0.2, -0.15) is 0 Å². The molecule has 0 radical (unpaired) electrons. The Morgan fingerprint density at radius 2 is 2.14 bits per heavy atom. The lowest BCUT2D eigenvalue weighted by atomic mass is 10.3. The lowest BCUT2D eigenvalue weighted by Gasteiger charge is -2.08. The molecule has 1 aromatic rings. The molecule has 0 aliphatic rings.